The fourth-order valence-electron chi connectivity index (χ4n) is 3.99. The van der Waals surface area contributed by atoms with Crippen molar-refractivity contribution in [2.24, 2.45) is 0 Å². The van der Waals surface area contributed by atoms with Crippen molar-refractivity contribution in [3.63, 3.8) is 0 Å². The zero-order chi connectivity index (χ0) is 20.0. The predicted octanol–water partition coefficient (Wildman–Crippen LogP) is 7.33. The van der Waals surface area contributed by atoms with Crippen LogP contribution in [0.25, 0.3) is 11.0 Å². The van der Waals surface area contributed by atoms with Crippen LogP contribution in [0.1, 0.15) is 96.5 Å². The van der Waals surface area contributed by atoms with Crippen LogP contribution < -0.4 is 0 Å². The van der Waals surface area contributed by atoms with Gasteiger partial charge in [-0.05, 0) is 50.6 Å². The first-order valence-corrected chi connectivity index (χ1v) is 11.9. The highest BCUT2D eigenvalue weighted by Crippen LogP contribution is 2.16. The van der Waals surface area contributed by atoms with Crippen LogP contribution in [0, 0.1) is 6.92 Å². The smallest absolute Gasteiger partial charge is 0.0969 e. The molecule has 0 saturated carbocycles. The van der Waals surface area contributed by atoms with Crippen LogP contribution in [0.15, 0.2) is 24.5 Å². The van der Waals surface area contributed by atoms with Crippen LogP contribution in [0.4, 0.5) is 0 Å². The molecule has 1 aromatic heterocycles. The number of benzene rings is 1. The maximum atomic E-state index is 4.63. The lowest BCUT2D eigenvalue weighted by Gasteiger charge is -2.23. The molecule has 1 aromatic carbocycles. The molecule has 0 amide bonds. The van der Waals surface area contributed by atoms with Gasteiger partial charge in [0.2, 0.25) is 0 Å². The molecule has 28 heavy (non-hydrogen) atoms. The van der Waals surface area contributed by atoms with Gasteiger partial charge in [0.15, 0.2) is 0 Å². The fourth-order valence-corrected chi connectivity index (χ4v) is 3.99. The quantitative estimate of drug-likeness (QED) is 0.282. The second kappa shape index (κ2) is 13.8. The van der Waals surface area contributed by atoms with Crippen molar-refractivity contribution in [3.05, 3.63) is 30.1 Å². The molecule has 1 heterocycles. The van der Waals surface area contributed by atoms with Crippen LogP contribution in [0.3, 0.4) is 0 Å². The molecule has 0 spiro atoms. The van der Waals surface area contributed by atoms with E-state index >= 15 is 0 Å². The summed E-state index contributed by atoms with van der Waals surface area (Å²) in [6.07, 6.45) is 18.5. The van der Waals surface area contributed by atoms with Crippen molar-refractivity contribution in [1.82, 2.24) is 14.5 Å². The molecule has 0 bridgehead atoms. The Hall–Kier alpha value is -1.35. The molecule has 0 aliphatic rings. The molecule has 0 saturated heterocycles. The Morgan fingerprint density at radius 2 is 1.36 bits per heavy atom. The Labute approximate surface area is 173 Å². The standard InChI is InChI=1S/C25H43N3/c1-4-6-8-10-12-14-18-27(19-15-13-11-9-7-5-2)22-28-21-26-24-20-23(3)16-17-25(24)28/h16-17,20-21H,4-15,18-19,22H2,1-3H3. The van der Waals surface area contributed by atoms with Gasteiger partial charge in [0.25, 0.3) is 0 Å². The number of rotatable bonds is 16. The van der Waals surface area contributed by atoms with E-state index < -0.39 is 0 Å². The van der Waals surface area contributed by atoms with Crippen molar-refractivity contribution in [2.45, 2.75) is 104 Å². The summed E-state index contributed by atoms with van der Waals surface area (Å²) in [6, 6.07) is 6.62. The largest absolute Gasteiger partial charge is 0.317 e. The minimum Gasteiger partial charge on any atom is -0.317 e. The van der Waals surface area contributed by atoms with Gasteiger partial charge in [-0.15, -0.1) is 0 Å². The third-order valence-corrected chi connectivity index (χ3v) is 5.78. The Morgan fingerprint density at radius 3 is 1.96 bits per heavy atom. The molecule has 3 nitrogen and oxygen atoms in total. The van der Waals surface area contributed by atoms with E-state index in [2.05, 4.69) is 53.4 Å². The van der Waals surface area contributed by atoms with Crippen molar-refractivity contribution in [3.8, 4) is 0 Å². The van der Waals surface area contributed by atoms with Crippen LogP contribution in [-0.4, -0.2) is 27.5 Å². The van der Waals surface area contributed by atoms with E-state index in [4.69, 9.17) is 0 Å². The van der Waals surface area contributed by atoms with Crippen molar-refractivity contribution in [1.29, 1.82) is 0 Å². The Kier molecular flexibility index (Phi) is 11.3. The molecule has 0 aliphatic carbocycles. The van der Waals surface area contributed by atoms with Crippen LogP contribution >= 0.6 is 0 Å². The van der Waals surface area contributed by atoms with Crippen molar-refractivity contribution >= 4 is 11.0 Å². The van der Waals surface area contributed by atoms with Crippen LogP contribution in [-0.2, 0) is 6.67 Å². The first-order chi connectivity index (χ1) is 13.7. The van der Waals surface area contributed by atoms with Gasteiger partial charge < -0.3 is 4.57 Å². The van der Waals surface area contributed by atoms with E-state index in [-0.39, 0.29) is 0 Å². The molecule has 0 fully saturated rings. The molecule has 0 N–H and O–H groups in total. The molecule has 0 radical (unpaired) electrons. The lowest BCUT2D eigenvalue weighted by Crippen LogP contribution is -2.28. The number of hydrogen-bond donors (Lipinski definition) is 0. The maximum absolute atomic E-state index is 4.63. The molecule has 0 atom stereocenters. The Bertz CT molecular complexity index is 630. The van der Waals surface area contributed by atoms with Gasteiger partial charge in [0.1, 0.15) is 0 Å². The average Bonchev–Trinajstić information content (AvgIpc) is 3.08. The summed E-state index contributed by atoms with van der Waals surface area (Å²) in [6.45, 7) is 10.1. The number of fused-ring (bicyclic) bond motifs is 1. The van der Waals surface area contributed by atoms with E-state index in [9.17, 15) is 0 Å². The second-order valence-corrected chi connectivity index (χ2v) is 8.50. The van der Waals surface area contributed by atoms with Gasteiger partial charge in [-0.2, -0.15) is 0 Å². The first kappa shape index (κ1) is 22.9. The highest BCUT2D eigenvalue weighted by atomic mass is 15.3. The van der Waals surface area contributed by atoms with Crippen LogP contribution in [0.5, 0.6) is 0 Å². The number of imidazole rings is 1. The van der Waals surface area contributed by atoms with Gasteiger partial charge >= 0.3 is 0 Å². The third kappa shape index (κ3) is 8.34. The molecular formula is C25H43N3. The van der Waals surface area contributed by atoms with E-state index in [1.165, 1.54) is 101 Å². The van der Waals surface area contributed by atoms with Crippen molar-refractivity contribution < 1.29 is 0 Å². The van der Waals surface area contributed by atoms with Gasteiger partial charge in [-0.1, -0.05) is 84.1 Å². The summed E-state index contributed by atoms with van der Waals surface area (Å²) in [4.78, 5) is 7.28. The summed E-state index contributed by atoms with van der Waals surface area (Å²) >= 11 is 0. The average molecular weight is 386 g/mol. The van der Waals surface area contributed by atoms with E-state index in [1.807, 2.05) is 6.33 Å². The molecule has 0 aliphatic heterocycles. The normalized spacial score (nSPS) is 11.7. The lowest BCUT2D eigenvalue weighted by atomic mass is 10.1. The molecule has 0 unspecified atom stereocenters. The summed E-state index contributed by atoms with van der Waals surface area (Å²) in [5, 5.41) is 0. The summed E-state index contributed by atoms with van der Waals surface area (Å²) in [5.41, 5.74) is 3.68. The summed E-state index contributed by atoms with van der Waals surface area (Å²) < 4.78 is 2.34. The van der Waals surface area contributed by atoms with E-state index in [1.54, 1.807) is 0 Å². The topological polar surface area (TPSA) is 21.1 Å². The Morgan fingerprint density at radius 1 is 0.786 bits per heavy atom. The monoisotopic (exact) mass is 385 g/mol. The number of unbranched alkanes of at least 4 members (excludes halogenated alkanes) is 10. The highest BCUT2D eigenvalue weighted by molar-refractivity contribution is 5.75. The van der Waals surface area contributed by atoms with Gasteiger partial charge in [0.05, 0.1) is 24.0 Å². The van der Waals surface area contributed by atoms with E-state index in [0.29, 0.717) is 0 Å². The summed E-state index contributed by atoms with van der Waals surface area (Å²) in [5.74, 6) is 0. The lowest BCUT2D eigenvalue weighted by molar-refractivity contribution is 0.211. The highest BCUT2D eigenvalue weighted by Gasteiger charge is 2.09. The number of hydrogen-bond acceptors (Lipinski definition) is 2. The molecule has 3 heteroatoms. The first-order valence-electron chi connectivity index (χ1n) is 11.9. The zero-order valence-corrected chi connectivity index (χ0v) is 18.8. The molecule has 158 valence electrons. The van der Waals surface area contributed by atoms with Gasteiger partial charge in [0, 0.05) is 0 Å². The van der Waals surface area contributed by atoms with Gasteiger partial charge in [-0.25, -0.2) is 4.98 Å². The second-order valence-electron chi connectivity index (χ2n) is 8.50. The zero-order valence-electron chi connectivity index (χ0n) is 18.8. The van der Waals surface area contributed by atoms with Crippen molar-refractivity contribution in [2.75, 3.05) is 13.1 Å². The van der Waals surface area contributed by atoms with E-state index in [0.717, 1.165) is 12.2 Å². The molecule has 2 aromatic rings. The maximum Gasteiger partial charge on any atom is 0.0969 e. The third-order valence-electron chi connectivity index (χ3n) is 5.78. The van der Waals surface area contributed by atoms with Gasteiger partial charge in [-0.3, -0.25) is 4.90 Å². The van der Waals surface area contributed by atoms with Crippen LogP contribution in [0.2, 0.25) is 0 Å². The minimum atomic E-state index is 0.976. The molecular weight excluding hydrogens is 342 g/mol. The number of aryl methyl sites for hydroxylation is 1. The summed E-state index contributed by atoms with van der Waals surface area (Å²) in [7, 11) is 0. The fraction of sp³-hybridized carbons (Fsp3) is 0.720. The predicted molar refractivity (Wildman–Crippen MR) is 123 cm³/mol. The molecule has 2 rings (SSSR count). The minimum absolute atomic E-state index is 0.976. The SMILES string of the molecule is CCCCCCCCN(CCCCCCCC)Cn1cnc2cc(C)ccc21. The Balaban J connectivity index is 1.84. The number of nitrogens with zero attached hydrogens (tertiary/aromatic N) is 3. The number of aromatic nitrogens is 2.